The van der Waals surface area contributed by atoms with Gasteiger partial charge in [-0.05, 0) is 68.2 Å². The molecular weight excluding hydrogens is 417 g/mol. The minimum absolute atomic E-state index is 0.0519. The van der Waals surface area contributed by atoms with E-state index in [9.17, 15) is 13.2 Å². The lowest BCUT2D eigenvalue weighted by molar-refractivity contribution is -0.137. The molecule has 0 aliphatic heterocycles. The Morgan fingerprint density at radius 1 is 1.10 bits per heavy atom. The number of nitrogens with zero attached hydrogens (tertiary/aromatic N) is 3. The van der Waals surface area contributed by atoms with Crippen LogP contribution < -0.4 is 10.1 Å². The fourth-order valence-corrected chi connectivity index (χ4v) is 3.42. The van der Waals surface area contributed by atoms with E-state index in [1.807, 2.05) is 13.0 Å². The lowest BCUT2D eigenvalue weighted by Crippen LogP contribution is -2.10. The van der Waals surface area contributed by atoms with Crippen LogP contribution in [0.15, 0.2) is 30.3 Å². The molecular formula is C20H21F3N4O2S. The van der Waals surface area contributed by atoms with Gasteiger partial charge in [-0.25, -0.2) is 0 Å². The number of hydrogen-bond acceptors (Lipinski definition) is 7. The van der Waals surface area contributed by atoms with Crippen molar-refractivity contribution in [1.29, 1.82) is 0 Å². The third-order valence-corrected chi connectivity index (χ3v) is 5.01. The van der Waals surface area contributed by atoms with Crippen LogP contribution in [-0.4, -0.2) is 28.0 Å². The molecule has 2 aromatic heterocycles. The molecule has 0 aliphatic rings. The quantitative estimate of drug-likeness (QED) is 0.384. The van der Waals surface area contributed by atoms with E-state index in [1.165, 1.54) is 11.5 Å². The van der Waals surface area contributed by atoms with Gasteiger partial charge in [0.25, 0.3) is 0 Å². The first kappa shape index (κ1) is 22.0. The van der Waals surface area contributed by atoms with Gasteiger partial charge in [0.05, 0.1) is 29.2 Å². The maximum atomic E-state index is 13.2. The van der Waals surface area contributed by atoms with E-state index in [-0.39, 0.29) is 12.5 Å². The van der Waals surface area contributed by atoms with Crippen molar-refractivity contribution in [2.75, 3.05) is 18.7 Å². The minimum Gasteiger partial charge on any atom is -0.467 e. The summed E-state index contributed by atoms with van der Waals surface area (Å²) in [5.41, 5.74) is 2.09. The smallest absolute Gasteiger partial charge is 0.416 e. The molecule has 0 atom stereocenters. The Kier molecular flexibility index (Phi) is 6.88. The topological polar surface area (TPSA) is 69.2 Å². The molecule has 0 spiro atoms. The molecule has 30 heavy (non-hydrogen) atoms. The van der Waals surface area contributed by atoms with Crippen molar-refractivity contribution in [1.82, 2.24) is 14.6 Å². The number of aryl methyl sites for hydroxylation is 2. The fraction of sp³-hybridized carbons (Fsp3) is 0.350. The first-order chi connectivity index (χ1) is 14.3. The standard InChI is InChI=1S/C20H21F3N4O2S/c1-4-28-11-29-17-9-14(20(21,22)23)7-12(2)19(17)16-6-5-15(25-26-16)10-24-18-8-13(3)27-30-18/h5-9,24H,4,10-11H2,1-3H3. The van der Waals surface area contributed by atoms with Crippen molar-refractivity contribution >= 4 is 16.5 Å². The van der Waals surface area contributed by atoms with Crippen molar-refractivity contribution in [3.63, 3.8) is 0 Å². The van der Waals surface area contributed by atoms with Gasteiger partial charge in [0.2, 0.25) is 0 Å². The van der Waals surface area contributed by atoms with Crippen molar-refractivity contribution in [3.05, 3.63) is 52.8 Å². The molecule has 0 aliphatic carbocycles. The Morgan fingerprint density at radius 2 is 1.90 bits per heavy atom. The number of anilines is 1. The largest absolute Gasteiger partial charge is 0.467 e. The van der Waals surface area contributed by atoms with Crippen LogP contribution in [0.25, 0.3) is 11.3 Å². The van der Waals surface area contributed by atoms with Crippen molar-refractivity contribution < 1.29 is 22.6 Å². The second kappa shape index (κ2) is 9.40. The summed E-state index contributed by atoms with van der Waals surface area (Å²) in [6.45, 7) is 5.94. The number of halogens is 3. The molecule has 0 saturated heterocycles. The molecule has 3 rings (SSSR count). The Bertz CT molecular complexity index is 991. The van der Waals surface area contributed by atoms with Crippen LogP contribution in [0.2, 0.25) is 0 Å². The van der Waals surface area contributed by atoms with Gasteiger partial charge in [-0.3, -0.25) is 0 Å². The van der Waals surface area contributed by atoms with Gasteiger partial charge < -0.3 is 14.8 Å². The number of rotatable bonds is 8. The fourth-order valence-electron chi connectivity index (χ4n) is 2.76. The molecule has 0 amide bonds. The summed E-state index contributed by atoms with van der Waals surface area (Å²) in [6.07, 6.45) is -4.48. The van der Waals surface area contributed by atoms with E-state index < -0.39 is 11.7 Å². The van der Waals surface area contributed by atoms with E-state index in [1.54, 1.807) is 26.0 Å². The van der Waals surface area contributed by atoms with Gasteiger partial charge in [0.15, 0.2) is 6.79 Å². The van der Waals surface area contributed by atoms with Crippen LogP contribution in [0, 0.1) is 13.8 Å². The first-order valence-electron chi connectivity index (χ1n) is 9.20. The molecule has 6 nitrogen and oxygen atoms in total. The number of aromatic nitrogens is 3. The lowest BCUT2D eigenvalue weighted by atomic mass is 10.0. The Balaban J connectivity index is 1.85. The molecule has 160 valence electrons. The predicted molar refractivity (Wildman–Crippen MR) is 109 cm³/mol. The summed E-state index contributed by atoms with van der Waals surface area (Å²) >= 11 is 1.36. The lowest BCUT2D eigenvalue weighted by Gasteiger charge is -2.17. The molecule has 2 heterocycles. The number of nitrogens with one attached hydrogen (secondary N) is 1. The maximum Gasteiger partial charge on any atom is 0.416 e. The van der Waals surface area contributed by atoms with E-state index >= 15 is 0 Å². The summed E-state index contributed by atoms with van der Waals surface area (Å²) < 4.78 is 54.5. The number of alkyl halides is 3. The second-order valence-electron chi connectivity index (χ2n) is 6.52. The second-order valence-corrected chi connectivity index (χ2v) is 7.32. The average Bonchev–Trinajstić information content (AvgIpc) is 3.11. The molecule has 1 aromatic carbocycles. The number of benzene rings is 1. The van der Waals surface area contributed by atoms with E-state index in [2.05, 4.69) is 19.9 Å². The molecule has 0 saturated carbocycles. The third kappa shape index (κ3) is 5.45. The highest BCUT2D eigenvalue weighted by molar-refractivity contribution is 7.10. The van der Waals surface area contributed by atoms with Crippen molar-refractivity contribution in [2.24, 2.45) is 0 Å². The highest BCUT2D eigenvalue weighted by Gasteiger charge is 2.32. The average molecular weight is 438 g/mol. The molecule has 1 N–H and O–H groups in total. The molecule has 10 heteroatoms. The normalized spacial score (nSPS) is 11.5. The van der Waals surface area contributed by atoms with Gasteiger partial charge in [-0.15, -0.1) is 0 Å². The van der Waals surface area contributed by atoms with Gasteiger partial charge in [0.1, 0.15) is 10.8 Å². The monoisotopic (exact) mass is 438 g/mol. The highest BCUT2D eigenvalue weighted by atomic mass is 32.1. The van der Waals surface area contributed by atoms with Crippen LogP contribution >= 0.6 is 11.5 Å². The van der Waals surface area contributed by atoms with Gasteiger partial charge in [-0.2, -0.15) is 27.7 Å². The summed E-state index contributed by atoms with van der Waals surface area (Å²) in [4.78, 5) is 0. The van der Waals surface area contributed by atoms with Crippen LogP contribution in [0.4, 0.5) is 18.2 Å². The minimum atomic E-state index is -4.48. The van der Waals surface area contributed by atoms with Crippen LogP contribution in [0.3, 0.4) is 0 Å². The van der Waals surface area contributed by atoms with Crippen LogP contribution in [0.1, 0.15) is 29.4 Å². The highest BCUT2D eigenvalue weighted by Crippen LogP contribution is 2.39. The molecule has 0 bridgehead atoms. The van der Waals surface area contributed by atoms with E-state index in [0.29, 0.717) is 35.7 Å². The Morgan fingerprint density at radius 3 is 2.50 bits per heavy atom. The summed E-state index contributed by atoms with van der Waals surface area (Å²) in [6, 6.07) is 7.45. The maximum absolute atomic E-state index is 13.2. The van der Waals surface area contributed by atoms with Crippen molar-refractivity contribution in [3.8, 4) is 17.0 Å². The zero-order chi connectivity index (χ0) is 21.7. The summed E-state index contributed by atoms with van der Waals surface area (Å²) in [5.74, 6) is 0.0519. The van der Waals surface area contributed by atoms with Crippen molar-refractivity contribution in [2.45, 2.75) is 33.5 Å². The van der Waals surface area contributed by atoms with Gasteiger partial charge in [-0.1, -0.05) is 0 Å². The first-order valence-corrected chi connectivity index (χ1v) is 9.97. The third-order valence-electron chi connectivity index (χ3n) is 4.18. The Hall–Kier alpha value is -2.72. The van der Waals surface area contributed by atoms with E-state index in [4.69, 9.17) is 9.47 Å². The number of hydrogen-bond donors (Lipinski definition) is 1. The van der Waals surface area contributed by atoms with Gasteiger partial charge in [0, 0.05) is 12.2 Å². The van der Waals surface area contributed by atoms with Crippen LogP contribution in [0.5, 0.6) is 5.75 Å². The SMILES string of the molecule is CCOCOc1cc(C(F)(F)F)cc(C)c1-c1ccc(CNc2cc(C)ns2)nn1. The summed E-state index contributed by atoms with van der Waals surface area (Å²) in [7, 11) is 0. The molecule has 3 aromatic rings. The van der Waals surface area contributed by atoms with Gasteiger partial charge >= 0.3 is 6.18 Å². The molecule has 0 unspecified atom stereocenters. The zero-order valence-corrected chi connectivity index (χ0v) is 17.5. The predicted octanol–water partition coefficient (Wildman–Crippen LogP) is 5.22. The Labute approximate surface area is 176 Å². The molecule has 0 fully saturated rings. The molecule has 0 radical (unpaired) electrons. The number of ether oxygens (including phenoxy) is 2. The van der Waals surface area contributed by atoms with Crippen LogP contribution in [-0.2, 0) is 17.5 Å². The summed E-state index contributed by atoms with van der Waals surface area (Å²) in [5, 5.41) is 12.5. The zero-order valence-electron chi connectivity index (χ0n) is 16.7. The van der Waals surface area contributed by atoms with E-state index in [0.717, 1.165) is 22.8 Å².